The van der Waals surface area contributed by atoms with E-state index < -0.39 is 0 Å². The summed E-state index contributed by atoms with van der Waals surface area (Å²) in [6.07, 6.45) is 2.59. The number of hydrogen-bond donors (Lipinski definition) is 2. The lowest BCUT2D eigenvalue weighted by Gasteiger charge is -2.32. The SMILES string of the molecule is CC1CCN(c2ccc(NC(=S)NC(=O)Cc3ccc(Cl)cc3)cc2Cl)CC1. The second-order valence-corrected chi connectivity index (χ2v) is 8.39. The number of carbonyl (C=O) groups is 1. The van der Waals surface area contributed by atoms with Crippen LogP contribution in [0, 0.1) is 5.92 Å². The van der Waals surface area contributed by atoms with Gasteiger partial charge in [0.25, 0.3) is 0 Å². The minimum atomic E-state index is -0.190. The second-order valence-electron chi connectivity index (χ2n) is 7.14. The van der Waals surface area contributed by atoms with Crippen LogP contribution in [0.25, 0.3) is 0 Å². The molecule has 4 nitrogen and oxygen atoms in total. The van der Waals surface area contributed by atoms with Crippen LogP contribution in [0.2, 0.25) is 10.0 Å². The number of rotatable bonds is 4. The molecule has 0 atom stereocenters. The van der Waals surface area contributed by atoms with Gasteiger partial charge in [-0.1, -0.05) is 42.3 Å². The molecule has 0 spiro atoms. The molecule has 2 aromatic rings. The molecular weight excluding hydrogens is 413 g/mol. The van der Waals surface area contributed by atoms with E-state index in [0.29, 0.717) is 10.0 Å². The number of amides is 1. The van der Waals surface area contributed by atoms with Crippen LogP contribution in [0.1, 0.15) is 25.3 Å². The zero-order chi connectivity index (χ0) is 20.1. The van der Waals surface area contributed by atoms with E-state index >= 15 is 0 Å². The number of benzene rings is 2. The van der Waals surface area contributed by atoms with Gasteiger partial charge in [0.15, 0.2) is 5.11 Å². The fraction of sp³-hybridized carbons (Fsp3) is 0.333. The summed E-state index contributed by atoms with van der Waals surface area (Å²) >= 11 is 17.6. The van der Waals surface area contributed by atoms with Gasteiger partial charge >= 0.3 is 0 Å². The van der Waals surface area contributed by atoms with Crippen molar-refractivity contribution in [3.8, 4) is 0 Å². The largest absolute Gasteiger partial charge is 0.370 e. The fourth-order valence-corrected chi connectivity index (χ4v) is 3.87. The molecule has 1 aliphatic heterocycles. The third-order valence-electron chi connectivity index (χ3n) is 4.86. The molecule has 1 heterocycles. The lowest BCUT2D eigenvalue weighted by Crippen LogP contribution is -2.35. The monoisotopic (exact) mass is 435 g/mol. The maximum atomic E-state index is 12.1. The van der Waals surface area contributed by atoms with E-state index in [1.807, 2.05) is 30.3 Å². The molecule has 1 fully saturated rings. The standard InChI is InChI=1S/C21H23Cl2N3OS/c1-14-8-10-26(11-9-14)19-7-6-17(13-18(19)23)24-21(28)25-20(27)12-15-2-4-16(22)5-3-15/h2-7,13-14H,8-12H2,1H3,(H2,24,25,27,28). The van der Waals surface area contributed by atoms with Gasteiger partial charge in [0, 0.05) is 23.8 Å². The summed E-state index contributed by atoms with van der Waals surface area (Å²) in [6, 6.07) is 12.9. The highest BCUT2D eigenvalue weighted by Gasteiger charge is 2.18. The van der Waals surface area contributed by atoms with Gasteiger partial charge in [0.05, 0.1) is 17.1 Å². The molecule has 7 heteroatoms. The average molecular weight is 436 g/mol. The number of nitrogens with one attached hydrogen (secondary N) is 2. The van der Waals surface area contributed by atoms with E-state index in [0.717, 1.165) is 35.9 Å². The minimum absolute atomic E-state index is 0.190. The Hall–Kier alpha value is -1.82. The first kappa shape index (κ1) is 20.9. The van der Waals surface area contributed by atoms with Crippen LogP contribution >= 0.6 is 35.4 Å². The highest BCUT2D eigenvalue weighted by molar-refractivity contribution is 7.80. The van der Waals surface area contributed by atoms with E-state index in [9.17, 15) is 4.79 Å². The summed E-state index contributed by atoms with van der Waals surface area (Å²) in [7, 11) is 0. The number of thiocarbonyl (C=S) groups is 1. The number of piperidine rings is 1. The first-order chi connectivity index (χ1) is 13.4. The average Bonchev–Trinajstić information content (AvgIpc) is 2.64. The molecule has 3 rings (SSSR count). The van der Waals surface area contributed by atoms with Crippen LogP contribution in [0.5, 0.6) is 0 Å². The third-order valence-corrected chi connectivity index (χ3v) is 5.62. The van der Waals surface area contributed by atoms with Crippen LogP contribution in [0.15, 0.2) is 42.5 Å². The molecule has 0 bridgehead atoms. The van der Waals surface area contributed by atoms with Gasteiger partial charge in [-0.3, -0.25) is 4.79 Å². The number of carbonyl (C=O) groups excluding carboxylic acids is 1. The summed E-state index contributed by atoms with van der Waals surface area (Å²) in [6.45, 7) is 4.33. The van der Waals surface area contributed by atoms with Crippen LogP contribution < -0.4 is 15.5 Å². The van der Waals surface area contributed by atoms with Crippen molar-refractivity contribution in [3.05, 3.63) is 58.1 Å². The maximum absolute atomic E-state index is 12.1. The number of anilines is 2. The van der Waals surface area contributed by atoms with Gasteiger partial charge in [-0.15, -0.1) is 0 Å². The fourth-order valence-electron chi connectivity index (χ4n) is 3.21. The number of hydrogen-bond acceptors (Lipinski definition) is 3. The van der Waals surface area contributed by atoms with Gasteiger partial charge in [-0.05, 0) is 66.9 Å². The van der Waals surface area contributed by atoms with Crippen LogP contribution in [-0.4, -0.2) is 24.1 Å². The summed E-state index contributed by atoms with van der Waals surface area (Å²) in [5, 5.41) is 7.27. The van der Waals surface area contributed by atoms with Gasteiger partial charge in [-0.25, -0.2) is 0 Å². The molecule has 0 unspecified atom stereocenters. The quantitative estimate of drug-likeness (QED) is 0.640. The summed E-state index contributed by atoms with van der Waals surface area (Å²) in [4.78, 5) is 14.5. The maximum Gasteiger partial charge on any atom is 0.230 e. The Morgan fingerprint density at radius 3 is 2.46 bits per heavy atom. The second kappa shape index (κ2) is 9.59. The van der Waals surface area contributed by atoms with Crippen molar-refractivity contribution in [1.82, 2.24) is 5.32 Å². The van der Waals surface area contributed by atoms with E-state index in [2.05, 4.69) is 22.5 Å². The van der Waals surface area contributed by atoms with E-state index in [1.54, 1.807) is 12.1 Å². The lowest BCUT2D eigenvalue weighted by atomic mass is 9.99. The number of nitrogens with zero attached hydrogens (tertiary/aromatic N) is 1. The van der Waals surface area contributed by atoms with Crippen molar-refractivity contribution in [2.45, 2.75) is 26.2 Å². The molecule has 28 heavy (non-hydrogen) atoms. The lowest BCUT2D eigenvalue weighted by molar-refractivity contribution is -0.119. The zero-order valence-corrected chi connectivity index (χ0v) is 18.0. The summed E-state index contributed by atoms with van der Waals surface area (Å²) in [5.74, 6) is 0.579. The smallest absolute Gasteiger partial charge is 0.230 e. The van der Waals surface area contributed by atoms with Crippen LogP contribution in [0.3, 0.4) is 0 Å². The van der Waals surface area contributed by atoms with Crippen LogP contribution in [-0.2, 0) is 11.2 Å². The van der Waals surface area contributed by atoms with Gasteiger partial charge in [0.2, 0.25) is 5.91 Å². The zero-order valence-electron chi connectivity index (χ0n) is 15.7. The summed E-state index contributed by atoms with van der Waals surface area (Å²) in [5.41, 5.74) is 2.65. The van der Waals surface area contributed by atoms with Crippen molar-refractivity contribution < 1.29 is 4.79 Å². The number of halogens is 2. The first-order valence-corrected chi connectivity index (χ1v) is 10.5. The molecule has 2 aromatic carbocycles. The molecule has 2 N–H and O–H groups in total. The molecule has 0 radical (unpaired) electrons. The first-order valence-electron chi connectivity index (χ1n) is 9.30. The normalized spacial score (nSPS) is 14.6. The molecule has 0 aliphatic carbocycles. The Morgan fingerprint density at radius 2 is 1.82 bits per heavy atom. The highest BCUT2D eigenvalue weighted by Crippen LogP contribution is 2.31. The molecule has 0 aromatic heterocycles. The minimum Gasteiger partial charge on any atom is -0.370 e. The Labute approximate surface area is 181 Å². The molecule has 0 saturated carbocycles. The van der Waals surface area contributed by atoms with E-state index in [4.69, 9.17) is 35.4 Å². The van der Waals surface area contributed by atoms with Gasteiger partial charge in [-0.2, -0.15) is 0 Å². The molecule has 1 aliphatic rings. The van der Waals surface area contributed by atoms with Crippen molar-refractivity contribution >= 4 is 57.8 Å². The molecule has 1 saturated heterocycles. The van der Waals surface area contributed by atoms with Crippen LogP contribution in [0.4, 0.5) is 11.4 Å². The Kier molecular flexibility index (Phi) is 7.16. The molecule has 1 amide bonds. The Balaban J connectivity index is 1.54. The molecule has 148 valence electrons. The van der Waals surface area contributed by atoms with Crippen molar-refractivity contribution in [1.29, 1.82) is 0 Å². The Bertz CT molecular complexity index is 849. The van der Waals surface area contributed by atoms with Crippen molar-refractivity contribution in [2.24, 2.45) is 5.92 Å². The highest BCUT2D eigenvalue weighted by atomic mass is 35.5. The van der Waals surface area contributed by atoms with Gasteiger partial charge in [0.1, 0.15) is 0 Å². The molecular formula is C21H23Cl2N3OS. The van der Waals surface area contributed by atoms with Crippen molar-refractivity contribution in [3.63, 3.8) is 0 Å². The Morgan fingerprint density at radius 1 is 1.14 bits per heavy atom. The topological polar surface area (TPSA) is 44.4 Å². The predicted octanol–water partition coefficient (Wildman–Crippen LogP) is 5.29. The summed E-state index contributed by atoms with van der Waals surface area (Å²) < 4.78 is 0. The van der Waals surface area contributed by atoms with E-state index in [-0.39, 0.29) is 17.4 Å². The van der Waals surface area contributed by atoms with E-state index in [1.165, 1.54) is 12.8 Å². The van der Waals surface area contributed by atoms with Crippen molar-refractivity contribution in [2.75, 3.05) is 23.3 Å². The third kappa shape index (κ3) is 5.84. The van der Waals surface area contributed by atoms with Gasteiger partial charge < -0.3 is 15.5 Å². The predicted molar refractivity (Wildman–Crippen MR) is 122 cm³/mol.